The minimum atomic E-state index is -1.07. The zero-order valence-corrected chi connectivity index (χ0v) is 11.5. The van der Waals surface area contributed by atoms with Crippen LogP contribution >= 0.6 is 0 Å². The topological polar surface area (TPSA) is 61.4 Å². The molecule has 0 radical (unpaired) electrons. The molecule has 21 heavy (non-hydrogen) atoms. The molecule has 1 heterocycles. The zero-order valence-electron chi connectivity index (χ0n) is 11.5. The highest BCUT2D eigenvalue weighted by Gasteiger charge is 2.16. The number of nitrogens with one attached hydrogen (secondary N) is 2. The van der Waals surface area contributed by atoms with Crippen LogP contribution in [-0.4, -0.2) is 49.4 Å². The van der Waals surface area contributed by atoms with Crippen LogP contribution in [0.25, 0.3) is 0 Å². The van der Waals surface area contributed by atoms with Crippen LogP contribution < -0.4 is 10.6 Å². The van der Waals surface area contributed by atoms with Crippen LogP contribution in [-0.2, 0) is 4.79 Å². The molecule has 0 atom stereocenters. The van der Waals surface area contributed by atoms with Crippen LogP contribution in [0.3, 0.4) is 0 Å². The first kappa shape index (κ1) is 15.4. The molecule has 2 rings (SSSR count). The van der Waals surface area contributed by atoms with Crippen molar-refractivity contribution >= 4 is 11.8 Å². The van der Waals surface area contributed by atoms with Gasteiger partial charge in [0.2, 0.25) is 5.91 Å². The van der Waals surface area contributed by atoms with Crippen molar-refractivity contribution in [2.24, 2.45) is 0 Å². The lowest BCUT2D eigenvalue weighted by Gasteiger charge is -2.27. The fraction of sp³-hybridized carbons (Fsp3) is 0.429. The van der Waals surface area contributed by atoms with E-state index < -0.39 is 17.5 Å². The van der Waals surface area contributed by atoms with E-state index >= 15 is 0 Å². The van der Waals surface area contributed by atoms with Crippen LogP contribution in [0.2, 0.25) is 0 Å². The fourth-order valence-electron chi connectivity index (χ4n) is 2.09. The highest BCUT2D eigenvalue weighted by atomic mass is 19.2. The highest BCUT2D eigenvalue weighted by molar-refractivity contribution is 5.94. The number of rotatable bonds is 4. The quantitative estimate of drug-likeness (QED) is 0.851. The third-order valence-electron chi connectivity index (χ3n) is 3.28. The Labute approximate surface area is 121 Å². The Hall–Kier alpha value is -2.02. The van der Waals surface area contributed by atoms with Crippen molar-refractivity contribution < 1.29 is 18.4 Å². The first-order valence-corrected chi connectivity index (χ1v) is 6.79. The number of carbonyl (C=O) groups excluding carboxylic acids is 2. The average molecular weight is 297 g/mol. The van der Waals surface area contributed by atoms with Gasteiger partial charge in [-0.15, -0.1) is 0 Å². The Morgan fingerprint density at radius 2 is 1.90 bits per heavy atom. The van der Waals surface area contributed by atoms with Gasteiger partial charge in [0, 0.05) is 44.7 Å². The van der Waals surface area contributed by atoms with Crippen LogP contribution in [0.15, 0.2) is 18.2 Å². The van der Waals surface area contributed by atoms with Gasteiger partial charge in [-0.3, -0.25) is 9.59 Å². The van der Waals surface area contributed by atoms with Crippen molar-refractivity contribution in [3.05, 3.63) is 35.4 Å². The molecule has 5 nitrogen and oxygen atoms in total. The molecule has 0 spiro atoms. The number of amides is 2. The average Bonchev–Trinajstić information content (AvgIpc) is 2.50. The van der Waals surface area contributed by atoms with Crippen LogP contribution in [0, 0.1) is 11.6 Å². The second-order valence-corrected chi connectivity index (χ2v) is 4.77. The van der Waals surface area contributed by atoms with Gasteiger partial charge in [0.05, 0.1) is 0 Å². The van der Waals surface area contributed by atoms with Gasteiger partial charge in [-0.2, -0.15) is 0 Å². The SMILES string of the molecule is O=C(NCCC(=O)N1CCNCC1)c1ccc(F)c(F)c1. The third-order valence-corrected chi connectivity index (χ3v) is 3.28. The molecule has 0 aromatic heterocycles. The van der Waals surface area contributed by atoms with E-state index in [1.54, 1.807) is 4.90 Å². The Balaban J connectivity index is 1.78. The van der Waals surface area contributed by atoms with Gasteiger partial charge in [0.25, 0.3) is 5.91 Å². The summed E-state index contributed by atoms with van der Waals surface area (Å²) in [5.74, 6) is -2.62. The lowest BCUT2D eigenvalue weighted by atomic mass is 10.2. The standard InChI is InChI=1S/C14H17F2N3O2/c15-11-2-1-10(9-12(11)16)14(21)18-4-3-13(20)19-7-5-17-6-8-19/h1-2,9,17H,3-8H2,(H,18,21). The number of nitrogens with zero attached hydrogens (tertiary/aromatic N) is 1. The largest absolute Gasteiger partial charge is 0.352 e. The summed E-state index contributed by atoms with van der Waals surface area (Å²) >= 11 is 0. The minimum absolute atomic E-state index is 0.0258. The molecule has 1 fully saturated rings. The third kappa shape index (κ3) is 4.22. The monoisotopic (exact) mass is 297 g/mol. The van der Waals surface area contributed by atoms with E-state index in [0.717, 1.165) is 25.2 Å². The van der Waals surface area contributed by atoms with E-state index in [1.165, 1.54) is 6.07 Å². The van der Waals surface area contributed by atoms with Gasteiger partial charge in [-0.1, -0.05) is 0 Å². The van der Waals surface area contributed by atoms with E-state index in [2.05, 4.69) is 10.6 Å². The lowest BCUT2D eigenvalue weighted by Crippen LogP contribution is -2.47. The van der Waals surface area contributed by atoms with Crippen molar-refractivity contribution in [2.75, 3.05) is 32.7 Å². The molecule has 1 saturated heterocycles. The fourth-order valence-corrected chi connectivity index (χ4v) is 2.09. The molecular formula is C14H17F2N3O2. The van der Waals surface area contributed by atoms with Crippen molar-refractivity contribution in [3.63, 3.8) is 0 Å². The van der Waals surface area contributed by atoms with E-state index in [-0.39, 0.29) is 24.4 Å². The molecule has 1 aromatic rings. The normalized spacial score (nSPS) is 14.9. The maximum atomic E-state index is 13.0. The van der Waals surface area contributed by atoms with E-state index in [9.17, 15) is 18.4 Å². The van der Waals surface area contributed by atoms with E-state index in [0.29, 0.717) is 13.1 Å². The zero-order chi connectivity index (χ0) is 15.2. The van der Waals surface area contributed by atoms with E-state index in [4.69, 9.17) is 0 Å². The Morgan fingerprint density at radius 3 is 2.57 bits per heavy atom. The minimum Gasteiger partial charge on any atom is -0.352 e. The van der Waals surface area contributed by atoms with Crippen molar-refractivity contribution in [1.29, 1.82) is 0 Å². The first-order chi connectivity index (χ1) is 10.1. The van der Waals surface area contributed by atoms with Crippen LogP contribution in [0.1, 0.15) is 16.8 Å². The predicted molar refractivity (Wildman–Crippen MR) is 72.8 cm³/mol. The van der Waals surface area contributed by atoms with Gasteiger partial charge in [-0.05, 0) is 18.2 Å². The molecule has 1 aliphatic heterocycles. The molecule has 2 N–H and O–H groups in total. The van der Waals surface area contributed by atoms with E-state index in [1.807, 2.05) is 0 Å². The highest BCUT2D eigenvalue weighted by Crippen LogP contribution is 2.08. The van der Waals surface area contributed by atoms with Gasteiger partial charge in [0.15, 0.2) is 11.6 Å². The summed E-state index contributed by atoms with van der Waals surface area (Å²) in [7, 11) is 0. The Kier molecular flexibility index (Phi) is 5.21. The molecule has 1 aromatic carbocycles. The van der Waals surface area contributed by atoms with Gasteiger partial charge in [0.1, 0.15) is 0 Å². The summed E-state index contributed by atoms with van der Waals surface area (Å²) in [6.45, 7) is 3.03. The number of benzene rings is 1. The van der Waals surface area contributed by atoms with Gasteiger partial charge >= 0.3 is 0 Å². The summed E-state index contributed by atoms with van der Waals surface area (Å²) in [5, 5.41) is 5.67. The summed E-state index contributed by atoms with van der Waals surface area (Å²) in [6.07, 6.45) is 0.190. The van der Waals surface area contributed by atoms with Crippen molar-refractivity contribution in [3.8, 4) is 0 Å². The summed E-state index contributed by atoms with van der Waals surface area (Å²) in [6, 6.07) is 2.94. The maximum absolute atomic E-state index is 13.0. The molecule has 0 saturated carbocycles. The molecule has 114 valence electrons. The van der Waals surface area contributed by atoms with Gasteiger partial charge in [-0.25, -0.2) is 8.78 Å². The molecule has 0 aliphatic carbocycles. The van der Waals surface area contributed by atoms with Crippen LogP contribution in [0.5, 0.6) is 0 Å². The summed E-state index contributed by atoms with van der Waals surface area (Å²) in [5.41, 5.74) is 0.0310. The second-order valence-electron chi connectivity index (χ2n) is 4.77. The van der Waals surface area contributed by atoms with Crippen LogP contribution in [0.4, 0.5) is 8.78 Å². The number of hydrogen-bond donors (Lipinski definition) is 2. The number of piperazine rings is 1. The Morgan fingerprint density at radius 1 is 1.19 bits per heavy atom. The molecule has 7 heteroatoms. The number of hydrogen-bond acceptors (Lipinski definition) is 3. The summed E-state index contributed by atoms with van der Waals surface area (Å²) < 4.78 is 25.8. The van der Waals surface area contributed by atoms with Gasteiger partial charge < -0.3 is 15.5 Å². The van der Waals surface area contributed by atoms with Crippen molar-refractivity contribution in [2.45, 2.75) is 6.42 Å². The lowest BCUT2D eigenvalue weighted by molar-refractivity contribution is -0.131. The maximum Gasteiger partial charge on any atom is 0.251 e. The number of carbonyl (C=O) groups is 2. The Bertz CT molecular complexity index is 531. The second kappa shape index (κ2) is 7.12. The predicted octanol–water partition coefficient (Wildman–Crippen LogP) is 0.517. The molecule has 0 bridgehead atoms. The molecular weight excluding hydrogens is 280 g/mol. The summed E-state index contributed by atoms with van der Waals surface area (Å²) in [4.78, 5) is 25.3. The number of halogens is 2. The molecule has 0 unspecified atom stereocenters. The molecule has 2 amide bonds. The van der Waals surface area contributed by atoms with Crippen molar-refractivity contribution in [1.82, 2.24) is 15.5 Å². The molecule has 1 aliphatic rings. The first-order valence-electron chi connectivity index (χ1n) is 6.79. The smallest absolute Gasteiger partial charge is 0.251 e.